The molecular formula is C16H21N5O. The van der Waals surface area contributed by atoms with Crippen LogP contribution in [0, 0.1) is 0 Å². The molecule has 0 bridgehead atoms. The smallest absolute Gasteiger partial charge is 0.223 e. The predicted molar refractivity (Wildman–Crippen MR) is 83.1 cm³/mol. The van der Waals surface area contributed by atoms with Gasteiger partial charge >= 0.3 is 0 Å². The molecule has 0 radical (unpaired) electrons. The number of carbonyl (C=O) groups excluding carboxylic acids is 1. The Morgan fingerprint density at radius 1 is 1.32 bits per heavy atom. The van der Waals surface area contributed by atoms with Crippen molar-refractivity contribution in [3.63, 3.8) is 0 Å². The summed E-state index contributed by atoms with van der Waals surface area (Å²) in [6.45, 7) is 2.32. The lowest BCUT2D eigenvalue weighted by Gasteiger charge is -2.38. The van der Waals surface area contributed by atoms with E-state index in [0.29, 0.717) is 19.4 Å². The second-order valence-corrected chi connectivity index (χ2v) is 5.63. The molecule has 1 aliphatic heterocycles. The van der Waals surface area contributed by atoms with E-state index in [4.69, 9.17) is 0 Å². The molecule has 0 aromatic carbocycles. The number of rotatable bonds is 4. The van der Waals surface area contributed by atoms with E-state index in [1.165, 1.54) is 0 Å². The molecule has 1 amide bonds. The minimum Gasteiger partial charge on any atom is -0.347 e. The Bertz CT molecular complexity index is 598. The Morgan fingerprint density at radius 2 is 2.23 bits per heavy atom. The standard InChI is InChI=1S/C16H21N5O/c1-20-10-11-21(12-14(20)16-18-8-9-19-16)15(22)6-5-13-4-2-3-7-17-13/h2-4,7-9,14H,5-6,10-12H2,1H3,(H,18,19)/t14-/m1/s1. The van der Waals surface area contributed by atoms with Crippen molar-refractivity contribution in [2.45, 2.75) is 18.9 Å². The van der Waals surface area contributed by atoms with Gasteiger partial charge in [0.25, 0.3) is 0 Å². The van der Waals surface area contributed by atoms with Crippen LogP contribution in [0.2, 0.25) is 0 Å². The van der Waals surface area contributed by atoms with Crippen molar-refractivity contribution < 1.29 is 4.79 Å². The summed E-state index contributed by atoms with van der Waals surface area (Å²) in [6.07, 6.45) is 6.54. The maximum absolute atomic E-state index is 12.4. The van der Waals surface area contributed by atoms with Gasteiger partial charge in [-0.25, -0.2) is 4.98 Å². The molecule has 22 heavy (non-hydrogen) atoms. The number of H-pyrrole nitrogens is 1. The normalized spacial score (nSPS) is 19.3. The largest absolute Gasteiger partial charge is 0.347 e. The van der Waals surface area contributed by atoms with Crippen LogP contribution in [0.5, 0.6) is 0 Å². The van der Waals surface area contributed by atoms with Crippen molar-refractivity contribution in [3.05, 3.63) is 48.3 Å². The second kappa shape index (κ2) is 6.70. The molecule has 2 aromatic heterocycles. The minimum absolute atomic E-state index is 0.141. The number of aromatic amines is 1. The van der Waals surface area contributed by atoms with Crippen LogP contribution >= 0.6 is 0 Å². The van der Waals surface area contributed by atoms with Crippen LogP contribution in [-0.2, 0) is 11.2 Å². The third-order valence-corrected chi connectivity index (χ3v) is 4.16. The van der Waals surface area contributed by atoms with Crippen molar-refractivity contribution in [1.29, 1.82) is 0 Å². The lowest BCUT2D eigenvalue weighted by Crippen LogP contribution is -2.49. The zero-order chi connectivity index (χ0) is 15.4. The molecule has 1 saturated heterocycles. The Morgan fingerprint density at radius 3 is 2.95 bits per heavy atom. The van der Waals surface area contributed by atoms with Gasteiger partial charge in [-0.2, -0.15) is 0 Å². The van der Waals surface area contributed by atoms with Gasteiger partial charge in [0, 0.05) is 50.3 Å². The second-order valence-electron chi connectivity index (χ2n) is 5.63. The molecule has 2 aromatic rings. The molecule has 0 unspecified atom stereocenters. The van der Waals surface area contributed by atoms with Gasteiger partial charge in [-0.05, 0) is 25.6 Å². The molecule has 0 aliphatic carbocycles. The van der Waals surface area contributed by atoms with Crippen molar-refractivity contribution in [1.82, 2.24) is 24.8 Å². The van der Waals surface area contributed by atoms with Crippen LogP contribution in [0.4, 0.5) is 0 Å². The van der Waals surface area contributed by atoms with Crippen LogP contribution in [0.3, 0.4) is 0 Å². The number of aryl methyl sites for hydroxylation is 1. The number of nitrogens with zero attached hydrogens (tertiary/aromatic N) is 4. The van der Waals surface area contributed by atoms with Gasteiger partial charge in [0.1, 0.15) is 5.82 Å². The van der Waals surface area contributed by atoms with E-state index in [2.05, 4.69) is 26.9 Å². The van der Waals surface area contributed by atoms with Gasteiger partial charge in [-0.3, -0.25) is 14.7 Å². The summed E-state index contributed by atoms with van der Waals surface area (Å²) in [5.74, 6) is 1.11. The first-order valence-corrected chi connectivity index (χ1v) is 7.61. The molecule has 3 rings (SSSR count). The predicted octanol–water partition coefficient (Wildman–Crippen LogP) is 1.25. The highest BCUT2D eigenvalue weighted by molar-refractivity contribution is 5.76. The van der Waals surface area contributed by atoms with Gasteiger partial charge in [0.2, 0.25) is 5.91 Å². The molecule has 0 saturated carbocycles. The lowest BCUT2D eigenvalue weighted by atomic mass is 10.1. The van der Waals surface area contributed by atoms with Crippen LogP contribution in [0.25, 0.3) is 0 Å². The average Bonchev–Trinajstić information content (AvgIpc) is 3.08. The summed E-state index contributed by atoms with van der Waals surface area (Å²) in [7, 11) is 2.07. The number of imidazole rings is 1. The first-order chi connectivity index (χ1) is 10.7. The molecule has 1 atom stereocenters. The van der Waals surface area contributed by atoms with E-state index in [1.54, 1.807) is 12.4 Å². The SMILES string of the molecule is CN1CCN(C(=O)CCc2ccccn2)C[C@@H]1c1ncc[nH]1. The number of carbonyl (C=O) groups is 1. The Kier molecular flexibility index (Phi) is 4.48. The number of likely N-dealkylation sites (N-methyl/N-ethyl adjacent to an activating group) is 1. The van der Waals surface area contributed by atoms with Crippen LogP contribution < -0.4 is 0 Å². The number of piperazine rings is 1. The highest BCUT2D eigenvalue weighted by Crippen LogP contribution is 2.21. The third-order valence-electron chi connectivity index (χ3n) is 4.16. The van der Waals surface area contributed by atoms with E-state index < -0.39 is 0 Å². The number of aromatic nitrogens is 3. The third kappa shape index (κ3) is 3.33. The van der Waals surface area contributed by atoms with E-state index in [1.807, 2.05) is 29.3 Å². The topological polar surface area (TPSA) is 65.1 Å². The van der Waals surface area contributed by atoms with Crippen LogP contribution in [-0.4, -0.2) is 57.3 Å². The lowest BCUT2D eigenvalue weighted by molar-refractivity contribution is -0.134. The Hall–Kier alpha value is -2.21. The van der Waals surface area contributed by atoms with Crippen LogP contribution in [0.15, 0.2) is 36.8 Å². The highest BCUT2D eigenvalue weighted by Gasteiger charge is 2.29. The first-order valence-electron chi connectivity index (χ1n) is 7.61. The van der Waals surface area contributed by atoms with Gasteiger partial charge in [0.15, 0.2) is 0 Å². The minimum atomic E-state index is 0.141. The quantitative estimate of drug-likeness (QED) is 0.923. The summed E-state index contributed by atoms with van der Waals surface area (Å²) in [4.78, 5) is 28.4. The molecule has 1 N–H and O–H groups in total. The summed E-state index contributed by atoms with van der Waals surface area (Å²) in [6, 6.07) is 5.95. The van der Waals surface area contributed by atoms with Crippen molar-refractivity contribution >= 4 is 5.91 Å². The van der Waals surface area contributed by atoms with Crippen molar-refractivity contribution in [2.24, 2.45) is 0 Å². The number of hydrogen-bond acceptors (Lipinski definition) is 4. The average molecular weight is 299 g/mol. The maximum Gasteiger partial charge on any atom is 0.223 e. The number of nitrogens with one attached hydrogen (secondary N) is 1. The zero-order valence-electron chi connectivity index (χ0n) is 12.8. The van der Waals surface area contributed by atoms with Crippen LogP contribution in [0.1, 0.15) is 24.0 Å². The van der Waals surface area contributed by atoms with Crippen molar-refractivity contribution in [2.75, 3.05) is 26.7 Å². The monoisotopic (exact) mass is 299 g/mol. The molecular weight excluding hydrogens is 278 g/mol. The maximum atomic E-state index is 12.4. The molecule has 3 heterocycles. The fourth-order valence-electron chi connectivity index (χ4n) is 2.79. The zero-order valence-corrected chi connectivity index (χ0v) is 12.8. The fraction of sp³-hybridized carbons (Fsp3) is 0.438. The van der Waals surface area contributed by atoms with Gasteiger partial charge < -0.3 is 9.88 Å². The number of hydrogen-bond donors (Lipinski definition) is 1. The van der Waals surface area contributed by atoms with E-state index in [-0.39, 0.29) is 11.9 Å². The van der Waals surface area contributed by atoms with E-state index in [9.17, 15) is 4.79 Å². The van der Waals surface area contributed by atoms with E-state index in [0.717, 1.165) is 24.6 Å². The summed E-state index contributed by atoms with van der Waals surface area (Å²) in [5, 5.41) is 0. The summed E-state index contributed by atoms with van der Waals surface area (Å²) < 4.78 is 0. The summed E-state index contributed by atoms with van der Waals surface area (Å²) in [5.41, 5.74) is 0.965. The highest BCUT2D eigenvalue weighted by atomic mass is 16.2. The Balaban J connectivity index is 1.58. The number of pyridine rings is 1. The fourth-order valence-corrected chi connectivity index (χ4v) is 2.79. The number of amides is 1. The molecule has 116 valence electrons. The molecule has 1 fully saturated rings. The van der Waals surface area contributed by atoms with Crippen molar-refractivity contribution in [3.8, 4) is 0 Å². The van der Waals surface area contributed by atoms with Gasteiger partial charge in [-0.15, -0.1) is 0 Å². The molecule has 1 aliphatic rings. The first kappa shape index (κ1) is 14.7. The van der Waals surface area contributed by atoms with E-state index >= 15 is 0 Å². The van der Waals surface area contributed by atoms with Gasteiger partial charge in [-0.1, -0.05) is 6.07 Å². The molecule has 0 spiro atoms. The van der Waals surface area contributed by atoms with Gasteiger partial charge in [0.05, 0.1) is 6.04 Å². The summed E-state index contributed by atoms with van der Waals surface area (Å²) >= 11 is 0. The Labute approximate surface area is 130 Å². The molecule has 6 heteroatoms. The molecule has 6 nitrogen and oxygen atoms in total.